The molecule has 1 heterocycles. The van der Waals surface area contributed by atoms with E-state index in [1.807, 2.05) is 0 Å². The van der Waals surface area contributed by atoms with Gasteiger partial charge in [-0.15, -0.1) is 0 Å². The molecule has 0 spiro atoms. The Morgan fingerprint density at radius 1 is 1.47 bits per heavy atom. The Balaban J connectivity index is 2.68. The highest BCUT2D eigenvalue weighted by molar-refractivity contribution is 6.09. The van der Waals surface area contributed by atoms with E-state index in [1.54, 1.807) is 12.1 Å². The lowest BCUT2D eigenvalue weighted by Crippen LogP contribution is -2.00. The van der Waals surface area contributed by atoms with Crippen molar-refractivity contribution < 1.29 is 19.1 Å². The summed E-state index contributed by atoms with van der Waals surface area (Å²) in [6, 6.07) is 3.22. The standard InChI is InChI=1S/C11H10O4/c1-6(12)7-3-4-9(14-2)10-8(13)5-15-11(7)10/h3-4H,5H2,1-2H3. The number of ether oxygens (including phenoxy) is 2. The third-order valence-electron chi connectivity index (χ3n) is 2.35. The predicted molar refractivity (Wildman–Crippen MR) is 52.8 cm³/mol. The van der Waals surface area contributed by atoms with Crippen LogP contribution in [0, 0.1) is 0 Å². The Hall–Kier alpha value is -1.84. The zero-order valence-corrected chi connectivity index (χ0v) is 8.49. The van der Waals surface area contributed by atoms with E-state index in [4.69, 9.17) is 9.47 Å². The van der Waals surface area contributed by atoms with Crippen molar-refractivity contribution in [1.29, 1.82) is 0 Å². The Morgan fingerprint density at radius 2 is 2.20 bits per heavy atom. The van der Waals surface area contributed by atoms with E-state index in [-0.39, 0.29) is 18.2 Å². The molecule has 4 heteroatoms. The Morgan fingerprint density at radius 3 is 2.80 bits per heavy atom. The topological polar surface area (TPSA) is 52.6 Å². The van der Waals surface area contributed by atoms with Crippen LogP contribution in [0.4, 0.5) is 0 Å². The van der Waals surface area contributed by atoms with Crippen LogP contribution >= 0.6 is 0 Å². The molecule has 1 aliphatic rings. The molecule has 0 radical (unpaired) electrons. The fourth-order valence-electron chi connectivity index (χ4n) is 1.64. The molecule has 0 N–H and O–H groups in total. The molecule has 0 saturated heterocycles. The average molecular weight is 206 g/mol. The Bertz CT molecular complexity index is 448. The maximum atomic E-state index is 11.5. The summed E-state index contributed by atoms with van der Waals surface area (Å²) < 4.78 is 10.2. The van der Waals surface area contributed by atoms with Gasteiger partial charge in [-0.2, -0.15) is 0 Å². The van der Waals surface area contributed by atoms with Crippen LogP contribution in [-0.4, -0.2) is 25.3 Å². The normalized spacial score (nSPS) is 13.3. The zero-order chi connectivity index (χ0) is 11.0. The summed E-state index contributed by atoms with van der Waals surface area (Å²) in [5.41, 5.74) is 0.807. The molecule has 1 aliphatic heterocycles. The molecule has 1 aromatic carbocycles. The van der Waals surface area contributed by atoms with Crippen molar-refractivity contribution in [2.24, 2.45) is 0 Å². The van der Waals surface area contributed by atoms with E-state index in [9.17, 15) is 9.59 Å². The van der Waals surface area contributed by atoms with Crippen LogP contribution in [0.2, 0.25) is 0 Å². The molecule has 4 nitrogen and oxygen atoms in total. The summed E-state index contributed by atoms with van der Waals surface area (Å²) in [5, 5.41) is 0. The smallest absolute Gasteiger partial charge is 0.207 e. The summed E-state index contributed by atoms with van der Waals surface area (Å²) in [6.45, 7) is 1.42. The highest BCUT2D eigenvalue weighted by Gasteiger charge is 2.29. The molecule has 0 aliphatic carbocycles. The van der Waals surface area contributed by atoms with Crippen LogP contribution in [0.3, 0.4) is 0 Å². The van der Waals surface area contributed by atoms with Gasteiger partial charge >= 0.3 is 0 Å². The lowest BCUT2D eigenvalue weighted by Gasteiger charge is -2.07. The molecule has 0 amide bonds. The van der Waals surface area contributed by atoms with Gasteiger partial charge in [0, 0.05) is 0 Å². The molecule has 0 unspecified atom stereocenters. The first kappa shape index (κ1) is 9.71. The van der Waals surface area contributed by atoms with Gasteiger partial charge in [0.05, 0.1) is 12.7 Å². The second kappa shape index (κ2) is 3.38. The molecule has 0 atom stereocenters. The van der Waals surface area contributed by atoms with Crippen molar-refractivity contribution in [3.05, 3.63) is 23.3 Å². The number of ketones is 2. The fourth-order valence-corrected chi connectivity index (χ4v) is 1.64. The van der Waals surface area contributed by atoms with Gasteiger partial charge in [0.1, 0.15) is 17.1 Å². The highest BCUT2D eigenvalue weighted by atomic mass is 16.5. The summed E-state index contributed by atoms with van der Waals surface area (Å²) in [5.74, 6) is 0.540. The monoisotopic (exact) mass is 206 g/mol. The predicted octanol–water partition coefficient (Wildman–Crippen LogP) is 1.47. The molecule has 2 rings (SSSR count). The summed E-state index contributed by atoms with van der Waals surface area (Å²) >= 11 is 0. The van der Waals surface area contributed by atoms with E-state index < -0.39 is 0 Å². The van der Waals surface area contributed by atoms with E-state index in [2.05, 4.69) is 0 Å². The van der Waals surface area contributed by atoms with Gasteiger partial charge in [-0.05, 0) is 19.1 Å². The number of carbonyl (C=O) groups excluding carboxylic acids is 2. The highest BCUT2D eigenvalue weighted by Crippen LogP contribution is 2.36. The number of fused-ring (bicyclic) bond motifs is 1. The van der Waals surface area contributed by atoms with Crippen molar-refractivity contribution in [2.75, 3.05) is 13.7 Å². The number of methoxy groups -OCH3 is 1. The van der Waals surface area contributed by atoms with Gasteiger partial charge in [0.25, 0.3) is 0 Å². The van der Waals surface area contributed by atoms with E-state index in [0.29, 0.717) is 22.6 Å². The van der Waals surface area contributed by atoms with Crippen molar-refractivity contribution >= 4 is 11.6 Å². The summed E-state index contributed by atoms with van der Waals surface area (Å²) in [7, 11) is 1.48. The second-order valence-electron chi connectivity index (χ2n) is 3.29. The quantitative estimate of drug-likeness (QED) is 0.687. The Labute approximate surface area is 86.8 Å². The average Bonchev–Trinajstić information content (AvgIpc) is 2.60. The third kappa shape index (κ3) is 1.38. The lowest BCUT2D eigenvalue weighted by atomic mass is 10.0. The molecule has 0 fully saturated rings. The first-order valence-electron chi connectivity index (χ1n) is 4.53. The number of hydrogen-bond donors (Lipinski definition) is 0. The van der Waals surface area contributed by atoms with Crippen LogP contribution in [0.5, 0.6) is 11.5 Å². The molecule has 78 valence electrons. The number of Topliss-reactive ketones (excluding diaryl/α,β-unsaturated/α-hetero) is 2. The zero-order valence-electron chi connectivity index (χ0n) is 8.49. The van der Waals surface area contributed by atoms with Crippen molar-refractivity contribution in [1.82, 2.24) is 0 Å². The van der Waals surface area contributed by atoms with Crippen LogP contribution in [0.1, 0.15) is 27.6 Å². The number of carbonyl (C=O) groups is 2. The van der Waals surface area contributed by atoms with Gasteiger partial charge in [-0.25, -0.2) is 0 Å². The minimum atomic E-state index is -0.148. The molecule has 0 aromatic heterocycles. The van der Waals surface area contributed by atoms with Crippen LogP contribution in [0.15, 0.2) is 12.1 Å². The lowest BCUT2D eigenvalue weighted by molar-refractivity contribution is 0.0954. The number of hydrogen-bond acceptors (Lipinski definition) is 4. The molecular formula is C11H10O4. The van der Waals surface area contributed by atoms with Crippen LogP contribution in [0.25, 0.3) is 0 Å². The largest absolute Gasteiger partial charge is 0.496 e. The maximum absolute atomic E-state index is 11.5. The minimum Gasteiger partial charge on any atom is -0.496 e. The second-order valence-corrected chi connectivity index (χ2v) is 3.29. The minimum absolute atomic E-state index is 0.0179. The number of rotatable bonds is 2. The molecular weight excluding hydrogens is 196 g/mol. The van der Waals surface area contributed by atoms with Crippen molar-refractivity contribution in [3.63, 3.8) is 0 Å². The summed E-state index contributed by atoms with van der Waals surface area (Å²) in [4.78, 5) is 22.8. The molecule has 15 heavy (non-hydrogen) atoms. The van der Waals surface area contributed by atoms with Crippen LogP contribution < -0.4 is 9.47 Å². The first-order chi connectivity index (χ1) is 7.15. The van der Waals surface area contributed by atoms with Gasteiger partial charge in [-0.1, -0.05) is 0 Å². The van der Waals surface area contributed by atoms with Crippen LogP contribution in [-0.2, 0) is 0 Å². The van der Waals surface area contributed by atoms with E-state index >= 15 is 0 Å². The van der Waals surface area contributed by atoms with E-state index in [0.717, 1.165) is 0 Å². The first-order valence-corrected chi connectivity index (χ1v) is 4.53. The Kier molecular flexibility index (Phi) is 2.19. The van der Waals surface area contributed by atoms with Crippen molar-refractivity contribution in [3.8, 4) is 11.5 Å². The van der Waals surface area contributed by atoms with E-state index in [1.165, 1.54) is 14.0 Å². The third-order valence-corrected chi connectivity index (χ3v) is 2.35. The van der Waals surface area contributed by atoms with Gasteiger partial charge < -0.3 is 9.47 Å². The van der Waals surface area contributed by atoms with Crippen molar-refractivity contribution in [2.45, 2.75) is 6.92 Å². The van der Waals surface area contributed by atoms with Gasteiger partial charge in [-0.3, -0.25) is 9.59 Å². The molecule has 1 aromatic rings. The maximum Gasteiger partial charge on any atom is 0.207 e. The SMILES string of the molecule is COc1ccc(C(C)=O)c2c1C(=O)CO2. The molecule has 0 saturated carbocycles. The fraction of sp³-hybridized carbons (Fsp3) is 0.273. The number of benzene rings is 1. The van der Waals surface area contributed by atoms with Gasteiger partial charge in [0.15, 0.2) is 12.4 Å². The molecule has 0 bridgehead atoms. The summed E-state index contributed by atoms with van der Waals surface area (Å²) in [6.07, 6.45) is 0. The van der Waals surface area contributed by atoms with Gasteiger partial charge in [0.2, 0.25) is 5.78 Å².